The van der Waals surface area contributed by atoms with Gasteiger partial charge in [0.15, 0.2) is 6.61 Å². The van der Waals surface area contributed by atoms with Gasteiger partial charge in [-0.25, -0.2) is 0 Å². The van der Waals surface area contributed by atoms with Gasteiger partial charge in [-0.1, -0.05) is 73.4 Å². The van der Waals surface area contributed by atoms with Gasteiger partial charge in [0.1, 0.15) is 23.3 Å². The summed E-state index contributed by atoms with van der Waals surface area (Å²) in [6.45, 7) is 4.28. The highest BCUT2D eigenvalue weighted by atomic mass is 35.5. The van der Waals surface area contributed by atoms with Gasteiger partial charge < -0.3 is 24.4 Å². The summed E-state index contributed by atoms with van der Waals surface area (Å²) in [7, 11) is 3.07. The number of amides is 2. The third-order valence-electron chi connectivity index (χ3n) is 6.00. The van der Waals surface area contributed by atoms with Gasteiger partial charge >= 0.3 is 0 Å². The van der Waals surface area contributed by atoms with Crippen molar-refractivity contribution < 1.29 is 23.8 Å². The zero-order valence-electron chi connectivity index (χ0n) is 22.6. The number of nitrogens with one attached hydrogen (secondary N) is 1. The predicted octanol–water partition coefficient (Wildman–Crippen LogP) is 5.80. The molecule has 7 nitrogen and oxygen atoms in total. The maximum absolute atomic E-state index is 13.8. The van der Waals surface area contributed by atoms with Crippen LogP contribution in [0.15, 0.2) is 66.7 Å². The lowest BCUT2D eigenvalue weighted by Crippen LogP contribution is -2.52. The van der Waals surface area contributed by atoms with Gasteiger partial charge in [0.25, 0.3) is 5.91 Å². The van der Waals surface area contributed by atoms with E-state index in [2.05, 4.69) is 5.32 Å². The molecule has 0 heterocycles. The number of hydrogen-bond donors (Lipinski definition) is 1. The van der Waals surface area contributed by atoms with Crippen LogP contribution in [0, 0.1) is 5.92 Å². The van der Waals surface area contributed by atoms with E-state index in [1.54, 1.807) is 36.4 Å². The van der Waals surface area contributed by atoms with E-state index in [4.69, 9.17) is 37.4 Å². The van der Waals surface area contributed by atoms with Gasteiger partial charge in [0, 0.05) is 47.8 Å². The molecule has 3 aromatic carbocycles. The SMILES string of the molecule is COc1cc(OC)cc(OCC(=O)N(Cc2ccc(Cl)cc2Cl)[C@@H](Cc2ccccc2)C(=O)NCC(C)C)c1. The zero-order valence-corrected chi connectivity index (χ0v) is 24.1. The molecule has 0 fully saturated rings. The lowest BCUT2D eigenvalue weighted by Gasteiger charge is -2.32. The van der Waals surface area contributed by atoms with Crippen molar-refractivity contribution in [1.29, 1.82) is 0 Å². The Hall–Kier alpha value is -3.42. The molecule has 1 atom stereocenters. The number of carbonyl (C=O) groups excluding carboxylic acids is 2. The molecule has 3 aromatic rings. The molecule has 2 amide bonds. The van der Waals surface area contributed by atoms with Gasteiger partial charge in [-0.3, -0.25) is 9.59 Å². The molecule has 3 rings (SSSR count). The number of carbonyl (C=O) groups is 2. The molecule has 0 bridgehead atoms. The van der Waals surface area contributed by atoms with Crippen molar-refractivity contribution in [2.24, 2.45) is 5.92 Å². The maximum atomic E-state index is 13.8. The van der Waals surface area contributed by atoms with Crippen LogP contribution in [-0.4, -0.2) is 50.1 Å². The summed E-state index contributed by atoms with van der Waals surface area (Å²) >= 11 is 12.6. The van der Waals surface area contributed by atoms with Crippen molar-refractivity contribution in [1.82, 2.24) is 10.2 Å². The van der Waals surface area contributed by atoms with Crippen LogP contribution in [0.4, 0.5) is 0 Å². The maximum Gasteiger partial charge on any atom is 0.261 e. The first-order chi connectivity index (χ1) is 18.7. The molecule has 0 saturated carbocycles. The molecule has 0 aliphatic carbocycles. The van der Waals surface area contributed by atoms with E-state index >= 15 is 0 Å². The van der Waals surface area contributed by atoms with Crippen LogP contribution in [0.2, 0.25) is 10.0 Å². The summed E-state index contributed by atoms with van der Waals surface area (Å²) in [5, 5.41) is 3.87. The fourth-order valence-corrected chi connectivity index (χ4v) is 4.37. The number of nitrogens with zero attached hydrogens (tertiary/aromatic N) is 1. The molecule has 208 valence electrons. The second-order valence-corrected chi connectivity index (χ2v) is 10.3. The van der Waals surface area contributed by atoms with Crippen molar-refractivity contribution in [3.63, 3.8) is 0 Å². The summed E-state index contributed by atoms with van der Waals surface area (Å²) < 4.78 is 16.5. The minimum Gasteiger partial charge on any atom is -0.496 e. The number of hydrogen-bond acceptors (Lipinski definition) is 5. The van der Waals surface area contributed by atoms with Crippen molar-refractivity contribution in [2.45, 2.75) is 32.9 Å². The number of methoxy groups -OCH3 is 2. The minimum atomic E-state index is -0.811. The van der Waals surface area contributed by atoms with Gasteiger partial charge in [-0.2, -0.15) is 0 Å². The summed E-state index contributed by atoms with van der Waals surface area (Å²) in [6.07, 6.45) is 0.314. The molecule has 39 heavy (non-hydrogen) atoms. The van der Waals surface area contributed by atoms with E-state index in [0.717, 1.165) is 5.56 Å². The van der Waals surface area contributed by atoms with E-state index in [9.17, 15) is 9.59 Å². The van der Waals surface area contributed by atoms with Crippen LogP contribution in [0.3, 0.4) is 0 Å². The van der Waals surface area contributed by atoms with E-state index in [-0.39, 0.29) is 30.9 Å². The summed E-state index contributed by atoms with van der Waals surface area (Å²) in [4.78, 5) is 28.8. The second-order valence-electron chi connectivity index (χ2n) is 9.44. The van der Waals surface area contributed by atoms with Crippen LogP contribution in [0.5, 0.6) is 17.2 Å². The van der Waals surface area contributed by atoms with E-state index < -0.39 is 6.04 Å². The molecule has 9 heteroatoms. The number of ether oxygens (including phenoxy) is 3. The highest BCUT2D eigenvalue weighted by Crippen LogP contribution is 2.28. The Morgan fingerprint density at radius 1 is 0.897 bits per heavy atom. The first-order valence-electron chi connectivity index (χ1n) is 12.6. The molecule has 0 unspecified atom stereocenters. The Morgan fingerprint density at radius 3 is 2.13 bits per heavy atom. The van der Waals surface area contributed by atoms with Crippen LogP contribution < -0.4 is 19.5 Å². The molecular formula is C30H34Cl2N2O5. The highest BCUT2D eigenvalue weighted by Gasteiger charge is 2.31. The van der Waals surface area contributed by atoms with Crippen molar-refractivity contribution in [2.75, 3.05) is 27.4 Å². The Kier molecular flexibility index (Phi) is 11.3. The molecule has 0 aromatic heterocycles. The average Bonchev–Trinajstić information content (AvgIpc) is 2.93. The highest BCUT2D eigenvalue weighted by molar-refractivity contribution is 6.35. The van der Waals surface area contributed by atoms with E-state index in [1.165, 1.54) is 19.1 Å². The third kappa shape index (κ3) is 9.08. The number of halogens is 2. The number of benzene rings is 3. The Balaban J connectivity index is 1.94. The zero-order chi connectivity index (χ0) is 28.4. The molecule has 0 aliphatic rings. The van der Waals surface area contributed by atoms with Crippen LogP contribution in [0.25, 0.3) is 0 Å². The molecule has 0 radical (unpaired) electrons. The Labute approximate surface area is 240 Å². The molecule has 0 saturated heterocycles. The summed E-state index contributed by atoms with van der Waals surface area (Å²) in [5.41, 5.74) is 1.58. The van der Waals surface area contributed by atoms with Crippen molar-refractivity contribution in [3.8, 4) is 17.2 Å². The Bertz CT molecular complexity index is 1230. The lowest BCUT2D eigenvalue weighted by molar-refractivity contribution is -0.142. The van der Waals surface area contributed by atoms with E-state index in [0.29, 0.717) is 45.8 Å². The lowest BCUT2D eigenvalue weighted by atomic mass is 10.0. The average molecular weight is 574 g/mol. The van der Waals surface area contributed by atoms with Crippen LogP contribution in [0.1, 0.15) is 25.0 Å². The van der Waals surface area contributed by atoms with Gasteiger partial charge in [0.2, 0.25) is 5.91 Å². The molecule has 0 spiro atoms. The topological polar surface area (TPSA) is 77.1 Å². The van der Waals surface area contributed by atoms with Crippen molar-refractivity contribution >= 4 is 35.0 Å². The quantitative estimate of drug-likeness (QED) is 0.280. The second kappa shape index (κ2) is 14.7. The fourth-order valence-electron chi connectivity index (χ4n) is 3.90. The normalized spacial score (nSPS) is 11.6. The van der Waals surface area contributed by atoms with E-state index in [1.807, 2.05) is 44.2 Å². The van der Waals surface area contributed by atoms with Crippen LogP contribution >= 0.6 is 23.2 Å². The standard InChI is InChI=1S/C30H34Cl2N2O5/c1-20(2)17-33-30(36)28(12-21-8-6-5-7-9-21)34(18-22-10-11-23(31)13-27(22)32)29(35)19-39-26-15-24(37-3)14-25(16-26)38-4/h5-11,13-16,20,28H,12,17-19H2,1-4H3,(H,33,36)/t28-/m0/s1. The van der Waals surface area contributed by atoms with Gasteiger partial charge in [-0.05, 0) is 29.2 Å². The van der Waals surface area contributed by atoms with Gasteiger partial charge in [0.05, 0.1) is 14.2 Å². The molecular weight excluding hydrogens is 539 g/mol. The minimum absolute atomic E-state index is 0.0895. The smallest absolute Gasteiger partial charge is 0.261 e. The predicted molar refractivity (Wildman–Crippen MR) is 154 cm³/mol. The van der Waals surface area contributed by atoms with Crippen LogP contribution in [-0.2, 0) is 22.6 Å². The summed E-state index contributed by atoms with van der Waals surface area (Å²) in [6, 6.07) is 18.9. The first-order valence-corrected chi connectivity index (χ1v) is 13.4. The monoisotopic (exact) mass is 572 g/mol. The Morgan fingerprint density at radius 2 is 1.54 bits per heavy atom. The number of rotatable bonds is 13. The summed E-state index contributed by atoms with van der Waals surface area (Å²) in [5.74, 6) is 1.05. The largest absolute Gasteiger partial charge is 0.496 e. The fraction of sp³-hybridized carbons (Fsp3) is 0.333. The first kappa shape index (κ1) is 30.1. The molecule has 0 aliphatic heterocycles. The van der Waals surface area contributed by atoms with Crippen molar-refractivity contribution in [3.05, 3.63) is 87.9 Å². The van der Waals surface area contributed by atoms with Gasteiger partial charge in [-0.15, -0.1) is 0 Å². The third-order valence-corrected chi connectivity index (χ3v) is 6.59. The molecule has 1 N–H and O–H groups in total.